The van der Waals surface area contributed by atoms with Gasteiger partial charge >= 0.3 is 6.09 Å². The van der Waals surface area contributed by atoms with E-state index in [1.165, 1.54) is 37.7 Å². The number of aromatic amines is 1. The van der Waals surface area contributed by atoms with Crippen molar-refractivity contribution in [3.05, 3.63) is 41.6 Å². The number of rotatable bonds is 6. The molecule has 4 heterocycles. The molecule has 42 heavy (non-hydrogen) atoms. The van der Waals surface area contributed by atoms with Crippen LogP contribution in [0.15, 0.2) is 24.5 Å². The van der Waals surface area contributed by atoms with Crippen LogP contribution in [-0.4, -0.2) is 70.7 Å². The topological polar surface area (TPSA) is 147 Å². The van der Waals surface area contributed by atoms with Crippen LogP contribution >= 0.6 is 12.4 Å². The Labute approximate surface area is 250 Å². The zero-order valence-electron chi connectivity index (χ0n) is 23.8. The zero-order valence-corrected chi connectivity index (χ0v) is 24.6. The highest BCUT2D eigenvalue weighted by Crippen LogP contribution is 2.36. The minimum absolute atomic E-state index is 0. The lowest BCUT2D eigenvalue weighted by molar-refractivity contribution is 0.0928. The van der Waals surface area contributed by atoms with Gasteiger partial charge in [0.15, 0.2) is 0 Å². The smallest absolute Gasteiger partial charge is 0.428 e. The van der Waals surface area contributed by atoms with Crippen LogP contribution in [0, 0.1) is 18.7 Å². The molecule has 2 amide bonds. The molecule has 2 saturated heterocycles. The average molecular weight is 604 g/mol. The maximum absolute atomic E-state index is 14.1. The second kappa shape index (κ2) is 14.6. The van der Waals surface area contributed by atoms with E-state index in [2.05, 4.69) is 30.4 Å². The lowest BCUT2D eigenvalue weighted by atomic mass is 10.1. The predicted molar refractivity (Wildman–Crippen MR) is 159 cm³/mol. The lowest BCUT2D eigenvalue weighted by Crippen LogP contribution is -2.42. The number of amides is 2. The quantitative estimate of drug-likeness (QED) is 0.306. The van der Waals surface area contributed by atoms with Gasteiger partial charge in [-0.1, -0.05) is 0 Å². The summed E-state index contributed by atoms with van der Waals surface area (Å²) in [5.41, 5.74) is 3.44. The number of fused-ring (bicyclic) bond motifs is 1. The number of aryl methyl sites for hydroxylation is 1. The first-order valence-electron chi connectivity index (χ1n) is 14.4. The highest BCUT2D eigenvalue weighted by Gasteiger charge is 2.26. The van der Waals surface area contributed by atoms with Gasteiger partial charge in [-0.05, 0) is 89.1 Å². The summed E-state index contributed by atoms with van der Waals surface area (Å²) in [5.74, 6) is 5.35. The summed E-state index contributed by atoms with van der Waals surface area (Å²) < 4.78 is 20.1. The van der Waals surface area contributed by atoms with E-state index in [0.29, 0.717) is 51.8 Å². The molecular weight excluding hydrogens is 565 g/mol. The van der Waals surface area contributed by atoms with Gasteiger partial charge in [-0.25, -0.2) is 19.2 Å². The minimum atomic E-state index is -0.403. The molecule has 3 aromatic rings. The number of carbonyl (C=O) groups excluding carboxylic acids is 2. The first-order chi connectivity index (χ1) is 19.9. The van der Waals surface area contributed by atoms with Gasteiger partial charge in [-0.15, -0.1) is 12.4 Å². The summed E-state index contributed by atoms with van der Waals surface area (Å²) in [4.78, 5) is 41.6. The number of nitrogens with zero attached hydrogens (tertiary/aromatic N) is 3. The number of likely N-dealkylation sites (tertiary alicyclic amines) is 1. The van der Waals surface area contributed by atoms with Crippen molar-refractivity contribution in [2.75, 3.05) is 32.8 Å². The number of aromatic nitrogens is 3. The van der Waals surface area contributed by atoms with E-state index in [1.54, 1.807) is 11.0 Å². The molecule has 6 rings (SSSR count). The summed E-state index contributed by atoms with van der Waals surface area (Å²) in [5, 5.41) is 6.43. The number of carbonyl (C=O) groups is 2. The van der Waals surface area contributed by atoms with Crippen molar-refractivity contribution in [2.45, 2.75) is 57.9 Å². The highest BCUT2D eigenvalue weighted by molar-refractivity contribution is 6.09. The van der Waals surface area contributed by atoms with Gasteiger partial charge in [-0.3, -0.25) is 4.79 Å². The van der Waals surface area contributed by atoms with E-state index in [-0.39, 0.29) is 30.2 Å². The third-order valence-corrected chi connectivity index (χ3v) is 7.76. The number of halogens is 2. The molecule has 1 aliphatic carbocycles. The second-order valence-electron chi connectivity index (χ2n) is 10.9. The van der Waals surface area contributed by atoms with Crippen molar-refractivity contribution in [3.63, 3.8) is 0 Å². The van der Waals surface area contributed by atoms with Gasteiger partial charge in [0, 0.05) is 30.4 Å². The van der Waals surface area contributed by atoms with Gasteiger partial charge in [0.1, 0.15) is 29.1 Å². The van der Waals surface area contributed by atoms with E-state index in [4.69, 9.17) is 10.6 Å². The fourth-order valence-electron chi connectivity index (χ4n) is 5.28. The lowest BCUT2D eigenvalue weighted by Gasteiger charge is -2.24. The van der Waals surface area contributed by atoms with Crippen LogP contribution in [-0.2, 0) is 4.84 Å². The van der Waals surface area contributed by atoms with Crippen LogP contribution in [0.2, 0.25) is 0 Å². The molecule has 11 nitrogen and oxygen atoms in total. The Balaban J connectivity index is 0.000000314. The van der Waals surface area contributed by atoms with E-state index in [1.807, 2.05) is 6.92 Å². The van der Waals surface area contributed by atoms with Gasteiger partial charge in [0.05, 0.1) is 17.7 Å². The molecule has 0 atom stereocenters. The Bertz CT molecular complexity index is 1370. The van der Waals surface area contributed by atoms with Crippen molar-refractivity contribution in [2.24, 2.45) is 11.8 Å². The number of nitrogens with one attached hydrogen (secondary N) is 3. The number of hydrogen-bond acceptors (Lipinski definition) is 8. The Kier molecular flexibility index (Phi) is 10.9. The normalized spacial score (nSPS) is 17.1. The molecule has 228 valence electrons. The van der Waals surface area contributed by atoms with Crippen LogP contribution in [0.4, 0.5) is 9.18 Å². The monoisotopic (exact) mass is 603 g/mol. The van der Waals surface area contributed by atoms with Crippen LogP contribution < -0.4 is 21.3 Å². The van der Waals surface area contributed by atoms with Crippen LogP contribution in [0.5, 0.6) is 5.75 Å². The maximum atomic E-state index is 14.1. The third-order valence-electron chi connectivity index (χ3n) is 7.76. The van der Waals surface area contributed by atoms with Gasteiger partial charge < -0.3 is 30.1 Å². The van der Waals surface area contributed by atoms with E-state index in [0.717, 1.165) is 51.9 Å². The summed E-state index contributed by atoms with van der Waals surface area (Å²) >= 11 is 0. The standard InChI is InChI=1S/C23H26FN5O2.C6H12N2O2.ClH/c1-13-19(23(30)29-16-6-8-25-9-7-16)21-22(28-13)20(26-12-27-21)17-10-15(24)4-5-18(17)31-11-14-2-3-14;7-10-6(9)8-4-2-1-3-5-8;/h4-5,10,12,14,16,25,28H,2-3,6-9,11H2,1H3,(H,29,30);1-5,7H2;1H. The largest absolute Gasteiger partial charge is 0.493 e. The molecular formula is C29H39ClFN7O4. The number of hydrogen-bond donors (Lipinski definition) is 4. The minimum Gasteiger partial charge on any atom is -0.493 e. The van der Waals surface area contributed by atoms with E-state index in [9.17, 15) is 14.0 Å². The molecule has 3 fully saturated rings. The first kappa shape index (κ1) is 31.5. The van der Waals surface area contributed by atoms with Crippen molar-refractivity contribution >= 4 is 35.4 Å². The molecule has 1 saturated carbocycles. The summed E-state index contributed by atoms with van der Waals surface area (Å²) in [6.45, 7) is 5.83. The zero-order chi connectivity index (χ0) is 28.8. The Morgan fingerprint density at radius 1 is 1.12 bits per heavy atom. The summed E-state index contributed by atoms with van der Waals surface area (Å²) in [7, 11) is 0. The predicted octanol–water partition coefficient (Wildman–Crippen LogP) is 4.25. The Morgan fingerprint density at radius 2 is 1.86 bits per heavy atom. The third kappa shape index (κ3) is 7.67. The van der Waals surface area contributed by atoms with Crippen LogP contribution in [0.1, 0.15) is 61.0 Å². The fraction of sp³-hybridized carbons (Fsp3) is 0.517. The number of benzene rings is 1. The number of nitrogens with two attached hydrogens (primary N) is 1. The highest BCUT2D eigenvalue weighted by atomic mass is 35.5. The van der Waals surface area contributed by atoms with Gasteiger partial charge in [0.25, 0.3) is 5.91 Å². The first-order valence-corrected chi connectivity index (χ1v) is 14.4. The number of H-pyrrole nitrogens is 1. The van der Waals surface area contributed by atoms with E-state index < -0.39 is 6.09 Å². The number of ether oxygens (including phenoxy) is 1. The molecule has 0 bridgehead atoms. The maximum Gasteiger partial charge on any atom is 0.428 e. The van der Waals surface area contributed by atoms with Crippen LogP contribution in [0.25, 0.3) is 22.3 Å². The molecule has 2 aliphatic heterocycles. The number of piperidine rings is 2. The molecule has 0 radical (unpaired) electrons. The summed E-state index contributed by atoms with van der Waals surface area (Å²) in [6, 6.07) is 4.60. The molecule has 3 aliphatic rings. The van der Waals surface area contributed by atoms with Crippen molar-refractivity contribution in [3.8, 4) is 17.0 Å². The van der Waals surface area contributed by atoms with Crippen molar-refractivity contribution in [1.29, 1.82) is 0 Å². The van der Waals surface area contributed by atoms with Gasteiger partial charge in [0.2, 0.25) is 0 Å². The molecule has 5 N–H and O–H groups in total. The second-order valence-corrected chi connectivity index (χ2v) is 10.9. The molecule has 2 aromatic heterocycles. The van der Waals surface area contributed by atoms with E-state index >= 15 is 0 Å². The van der Waals surface area contributed by atoms with Crippen LogP contribution in [0.3, 0.4) is 0 Å². The molecule has 1 aromatic carbocycles. The van der Waals surface area contributed by atoms with Crippen molar-refractivity contribution < 1.29 is 23.6 Å². The fourth-order valence-corrected chi connectivity index (χ4v) is 5.28. The SMILES string of the molecule is Cc1[nH]c2c(-c3cc(F)ccc3OCC3CC3)ncnc2c1C(=O)NC1CCNCC1.Cl.NOC(=O)N1CCCCC1. The summed E-state index contributed by atoms with van der Waals surface area (Å²) in [6.07, 6.45) is 8.48. The molecule has 0 unspecified atom stereocenters. The Morgan fingerprint density at radius 3 is 2.55 bits per heavy atom. The van der Waals surface area contributed by atoms with Crippen molar-refractivity contribution in [1.82, 2.24) is 30.5 Å². The average Bonchev–Trinajstić information content (AvgIpc) is 3.76. The molecule has 0 spiro atoms. The van der Waals surface area contributed by atoms with Gasteiger partial charge in [-0.2, -0.15) is 5.90 Å². The molecule has 13 heteroatoms. The Hall–Kier alpha value is -3.48.